The number of rotatable bonds is 5. The third kappa shape index (κ3) is 2.99. The largest absolute Gasteiger partial charge is 0.477 e. The lowest BCUT2D eigenvalue weighted by molar-refractivity contribution is -0.386. The van der Waals surface area contributed by atoms with Crippen LogP contribution in [0.4, 0.5) is 5.69 Å². The fraction of sp³-hybridized carbons (Fsp3) is 0.231. The van der Waals surface area contributed by atoms with Gasteiger partial charge in [0.25, 0.3) is 0 Å². The van der Waals surface area contributed by atoms with E-state index in [2.05, 4.69) is 5.10 Å². The summed E-state index contributed by atoms with van der Waals surface area (Å²) in [6.45, 7) is 3.84. The van der Waals surface area contributed by atoms with Crippen molar-refractivity contribution in [3.05, 3.63) is 46.3 Å². The molecule has 0 fully saturated rings. The van der Waals surface area contributed by atoms with Gasteiger partial charge in [-0.05, 0) is 26.0 Å². The van der Waals surface area contributed by atoms with Crippen LogP contribution in [0.15, 0.2) is 30.6 Å². The number of carboxylic acids is 1. The van der Waals surface area contributed by atoms with Crippen molar-refractivity contribution in [3.8, 4) is 11.5 Å². The number of carbonyl (C=O) groups is 1. The van der Waals surface area contributed by atoms with Crippen LogP contribution < -0.4 is 4.74 Å². The first-order valence-corrected chi connectivity index (χ1v) is 6.13. The van der Waals surface area contributed by atoms with Crippen molar-refractivity contribution in [2.75, 3.05) is 0 Å². The van der Waals surface area contributed by atoms with Crippen molar-refractivity contribution in [2.45, 2.75) is 19.9 Å². The molecule has 1 heterocycles. The SMILES string of the molecule is CC(C)n1cc(Oc2cccc(C(=O)O)c2[N+](=O)[O-])cn1. The number of nitro benzene ring substituents is 1. The van der Waals surface area contributed by atoms with E-state index in [0.29, 0.717) is 5.75 Å². The highest BCUT2D eigenvalue weighted by Crippen LogP contribution is 2.34. The molecule has 1 N–H and O–H groups in total. The van der Waals surface area contributed by atoms with Gasteiger partial charge in [0.1, 0.15) is 5.56 Å². The zero-order valence-corrected chi connectivity index (χ0v) is 11.4. The van der Waals surface area contributed by atoms with E-state index < -0.39 is 22.1 Å². The van der Waals surface area contributed by atoms with Gasteiger partial charge in [0.2, 0.25) is 5.75 Å². The summed E-state index contributed by atoms with van der Waals surface area (Å²) in [5.74, 6) is -1.22. The van der Waals surface area contributed by atoms with Crippen LogP contribution in [-0.4, -0.2) is 25.8 Å². The minimum absolute atomic E-state index is 0.114. The molecule has 0 aliphatic heterocycles. The third-order valence-electron chi connectivity index (χ3n) is 2.75. The molecule has 1 aromatic carbocycles. The normalized spacial score (nSPS) is 10.6. The molecular weight excluding hydrogens is 278 g/mol. The zero-order valence-electron chi connectivity index (χ0n) is 11.4. The van der Waals surface area contributed by atoms with Gasteiger partial charge in [-0.2, -0.15) is 5.10 Å². The van der Waals surface area contributed by atoms with Crippen LogP contribution in [0, 0.1) is 10.1 Å². The molecule has 0 radical (unpaired) electrons. The summed E-state index contributed by atoms with van der Waals surface area (Å²) < 4.78 is 7.03. The summed E-state index contributed by atoms with van der Waals surface area (Å²) in [7, 11) is 0. The Morgan fingerprint density at radius 3 is 2.71 bits per heavy atom. The van der Waals surface area contributed by atoms with E-state index in [-0.39, 0.29) is 11.8 Å². The Kier molecular flexibility index (Phi) is 3.88. The molecule has 0 spiro atoms. The van der Waals surface area contributed by atoms with E-state index in [4.69, 9.17) is 9.84 Å². The highest BCUT2D eigenvalue weighted by molar-refractivity contribution is 5.93. The molecule has 0 saturated heterocycles. The minimum Gasteiger partial charge on any atom is -0.477 e. The van der Waals surface area contributed by atoms with Crippen molar-refractivity contribution >= 4 is 11.7 Å². The number of aromatic nitrogens is 2. The van der Waals surface area contributed by atoms with E-state index in [1.165, 1.54) is 18.3 Å². The van der Waals surface area contributed by atoms with Gasteiger partial charge in [-0.15, -0.1) is 0 Å². The number of ether oxygens (including phenoxy) is 1. The molecule has 0 amide bonds. The average Bonchev–Trinajstić information content (AvgIpc) is 2.86. The molecule has 2 aromatic rings. The second-order valence-corrected chi connectivity index (χ2v) is 4.57. The zero-order chi connectivity index (χ0) is 15.6. The van der Waals surface area contributed by atoms with Crippen LogP contribution in [0.5, 0.6) is 11.5 Å². The van der Waals surface area contributed by atoms with Crippen LogP contribution in [0.3, 0.4) is 0 Å². The van der Waals surface area contributed by atoms with Crippen molar-refractivity contribution < 1.29 is 19.6 Å². The first kappa shape index (κ1) is 14.5. The van der Waals surface area contributed by atoms with Crippen LogP contribution in [0.1, 0.15) is 30.2 Å². The van der Waals surface area contributed by atoms with E-state index >= 15 is 0 Å². The van der Waals surface area contributed by atoms with E-state index in [1.807, 2.05) is 13.8 Å². The second kappa shape index (κ2) is 5.61. The first-order valence-electron chi connectivity index (χ1n) is 6.13. The maximum atomic E-state index is 11.1. The summed E-state index contributed by atoms with van der Waals surface area (Å²) >= 11 is 0. The number of aromatic carboxylic acids is 1. The summed E-state index contributed by atoms with van der Waals surface area (Å²) in [4.78, 5) is 21.4. The molecule has 8 heteroatoms. The minimum atomic E-state index is -1.38. The van der Waals surface area contributed by atoms with Crippen molar-refractivity contribution in [2.24, 2.45) is 0 Å². The highest BCUT2D eigenvalue weighted by atomic mass is 16.6. The number of hydrogen-bond donors (Lipinski definition) is 1. The molecule has 1 aromatic heterocycles. The summed E-state index contributed by atoms with van der Waals surface area (Å²) in [5.41, 5.74) is -1.00. The smallest absolute Gasteiger partial charge is 0.342 e. The van der Waals surface area contributed by atoms with Gasteiger partial charge in [-0.3, -0.25) is 14.8 Å². The number of nitrogens with zero attached hydrogens (tertiary/aromatic N) is 3. The predicted octanol–water partition coefficient (Wildman–Crippen LogP) is 2.86. The maximum absolute atomic E-state index is 11.1. The van der Waals surface area contributed by atoms with Crippen LogP contribution in [-0.2, 0) is 0 Å². The van der Waals surface area contributed by atoms with Crippen LogP contribution >= 0.6 is 0 Å². The topological polar surface area (TPSA) is 107 Å². The number of nitro groups is 1. The lowest BCUT2D eigenvalue weighted by atomic mass is 10.1. The summed E-state index contributed by atoms with van der Waals surface area (Å²) in [6, 6.07) is 4.00. The van der Waals surface area contributed by atoms with E-state index in [1.54, 1.807) is 10.9 Å². The van der Waals surface area contributed by atoms with Crippen molar-refractivity contribution in [1.29, 1.82) is 0 Å². The Hall–Kier alpha value is -2.90. The Morgan fingerprint density at radius 2 is 2.19 bits per heavy atom. The maximum Gasteiger partial charge on any atom is 0.342 e. The molecular formula is C13H13N3O5. The van der Waals surface area contributed by atoms with Gasteiger partial charge in [-0.1, -0.05) is 6.07 Å². The number of carboxylic acid groups (broad SMARTS) is 1. The number of para-hydroxylation sites is 1. The second-order valence-electron chi connectivity index (χ2n) is 4.57. The molecule has 110 valence electrons. The van der Waals surface area contributed by atoms with E-state index in [0.717, 1.165) is 6.07 Å². The lowest BCUT2D eigenvalue weighted by Crippen LogP contribution is -2.04. The van der Waals surface area contributed by atoms with Gasteiger partial charge in [0.05, 0.1) is 17.3 Å². The average molecular weight is 291 g/mol. The first-order chi connectivity index (χ1) is 9.90. The van der Waals surface area contributed by atoms with Crippen molar-refractivity contribution in [3.63, 3.8) is 0 Å². The predicted molar refractivity (Wildman–Crippen MR) is 72.7 cm³/mol. The molecule has 0 saturated carbocycles. The lowest BCUT2D eigenvalue weighted by Gasteiger charge is -2.06. The molecule has 0 atom stereocenters. The molecule has 21 heavy (non-hydrogen) atoms. The standard InChI is InChI=1S/C13H13N3O5/c1-8(2)15-7-9(6-14-15)21-11-5-3-4-10(13(17)18)12(11)16(19)20/h3-8H,1-2H3,(H,17,18). The molecule has 2 rings (SSSR count). The van der Waals surface area contributed by atoms with Gasteiger partial charge >= 0.3 is 11.7 Å². The molecule has 0 unspecified atom stereocenters. The highest BCUT2D eigenvalue weighted by Gasteiger charge is 2.26. The van der Waals surface area contributed by atoms with Gasteiger partial charge < -0.3 is 9.84 Å². The molecule has 0 bridgehead atoms. The summed E-state index contributed by atoms with van der Waals surface area (Å²) in [6.07, 6.45) is 3.00. The third-order valence-corrected chi connectivity index (χ3v) is 2.75. The van der Waals surface area contributed by atoms with E-state index in [9.17, 15) is 14.9 Å². The van der Waals surface area contributed by atoms with Gasteiger partial charge in [0, 0.05) is 6.04 Å². The Labute approximate surface area is 119 Å². The fourth-order valence-corrected chi connectivity index (χ4v) is 1.75. The van der Waals surface area contributed by atoms with Crippen LogP contribution in [0.2, 0.25) is 0 Å². The Morgan fingerprint density at radius 1 is 1.48 bits per heavy atom. The fourth-order valence-electron chi connectivity index (χ4n) is 1.75. The van der Waals surface area contributed by atoms with Crippen LogP contribution in [0.25, 0.3) is 0 Å². The van der Waals surface area contributed by atoms with Gasteiger partial charge in [-0.25, -0.2) is 4.79 Å². The Balaban J connectivity index is 2.41. The number of hydrogen-bond acceptors (Lipinski definition) is 5. The van der Waals surface area contributed by atoms with Crippen molar-refractivity contribution in [1.82, 2.24) is 9.78 Å². The number of benzene rings is 1. The monoisotopic (exact) mass is 291 g/mol. The molecule has 0 aliphatic carbocycles. The molecule has 8 nitrogen and oxygen atoms in total. The molecule has 0 aliphatic rings. The van der Waals surface area contributed by atoms with Gasteiger partial charge in [0.15, 0.2) is 5.75 Å². The quantitative estimate of drug-likeness (QED) is 0.670. The summed E-state index contributed by atoms with van der Waals surface area (Å²) in [5, 5.41) is 24.1. The Bertz CT molecular complexity index is 693.